The van der Waals surface area contributed by atoms with E-state index in [9.17, 15) is 14.4 Å². The molecule has 0 saturated carbocycles. The van der Waals surface area contributed by atoms with E-state index in [1.165, 1.54) is 0 Å². The Bertz CT molecular complexity index is 1240. The lowest BCUT2D eigenvalue weighted by molar-refractivity contribution is -0.142. The van der Waals surface area contributed by atoms with Gasteiger partial charge in [0.1, 0.15) is 18.5 Å². The molecule has 34 heavy (non-hydrogen) atoms. The number of aryl methyl sites for hydroxylation is 1. The van der Waals surface area contributed by atoms with E-state index < -0.39 is 24.5 Å². The molecule has 0 unspecified atom stereocenters. The highest BCUT2D eigenvalue weighted by atomic mass is 35.5. The van der Waals surface area contributed by atoms with Crippen LogP contribution in [0.1, 0.15) is 51.0 Å². The summed E-state index contributed by atoms with van der Waals surface area (Å²) in [4.78, 5) is 46.1. The zero-order valence-corrected chi connectivity index (χ0v) is 19.4. The van der Waals surface area contributed by atoms with Crippen molar-refractivity contribution in [3.05, 3.63) is 63.9 Å². The molecule has 2 aromatic carbocycles. The van der Waals surface area contributed by atoms with Gasteiger partial charge in [-0.2, -0.15) is 0 Å². The number of hydrogen-bond acceptors (Lipinski definition) is 5. The molecule has 2 heterocycles. The van der Waals surface area contributed by atoms with Crippen molar-refractivity contribution in [1.29, 1.82) is 0 Å². The Balaban J connectivity index is 1.53. The van der Waals surface area contributed by atoms with Crippen molar-refractivity contribution in [2.45, 2.75) is 25.8 Å². The van der Waals surface area contributed by atoms with Gasteiger partial charge in [-0.1, -0.05) is 11.6 Å². The number of ether oxygens (including phenoxy) is 1. The van der Waals surface area contributed by atoms with Crippen LogP contribution in [0.15, 0.2) is 36.4 Å². The van der Waals surface area contributed by atoms with Crippen LogP contribution in [0.2, 0.25) is 5.02 Å². The molecule has 4 rings (SSSR count). The van der Waals surface area contributed by atoms with Crippen LogP contribution in [0.25, 0.3) is 11.0 Å². The van der Waals surface area contributed by atoms with Crippen molar-refractivity contribution in [2.75, 3.05) is 26.3 Å². The number of aromatic amines is 1. The second kappa shape index (κ2) is 10.2. The van der Waals surface area contributed by atoms with Gasteiger partial charge in [-0.05, 0) is 61.7 Å². The Morgan fingerprint density at radius 3 is 2.68 bits per heavy atom. The van der Waals surface area contributed by atoms with Gasteiger partial charge in [0.2, 0.25) is 0 Å². The number of likely N-dealkylation sites (tertiary alicyclic amines) is 1. The molecular weight excluding hydrogens is 460 g/mol. The van der Waals surface area contributed by atoms with Gasteiger partial charge in [0.15, 0.2) is 0 Å². The van der Waals surface area contributed by atoms with Crippen molar-refractivity contribution < 1.29 is 24.2 Å². The molecular formula is C24H25ClN4O5. The van der Waals surface area contributed by atoms with Crippen LogP contribution >= 0.6 is 11.6 Å². The summed E-state index contributed by atoms with van der Waals surface area (Å²) in [5, 5.41) is 12.3. The number of fused-ring (bicyclic) bond motifs is 1. The van der Waals surface area contributed by atoms with Gasteiger partial charge in [-0.25, -0.2) is 9.78 Å². The Kier molecular flexibility index (Phi) is 7.14. The average Bonchev–Trinajstić information content (AvgIpc) is 3.47. The van der Waals surface area contributed by atoms with Crippen LogP contribution in [0.5, 0.6) is 0 Å². The fourth-order valence-corrected chi connectivity index (χ4v) is 4.17. The van der Waals surface area contributed by atoms with Gasteiger partial charge < -0.3 is 25.0 Å². The molecule has 0 radical (unpaired) electrons. The van der Waals surface area contributed by atoms with Gasteiger partial charge in [-0.3, -0.25) is 9.59 Å². The van der Waals surface area contributed by atoms with E-state index in [0.717, 1.165) is 25.9 Å². The highest BCUT2D eigenvalue weighted by molar-refractivity contribution is 6.31. The Labute approximate surface area is 201 Å². The summed E-state index contributed by atoms with van der Waals surface area (Å²) in [5.74, 6) is -1.13. The maximum atomic E-state index is 13.0. The fourth-order valence-electron chi connectivity index (χ4n) is 4.00. The minimum atomic E-state index is -1.12. The van der Waals surface area contributed by atoms with Crippen LogP contribution in [-0.4, -0.2) is 64.1 Å². The minimum Gasteiger partial charge on any atom is -0.480 e. The zero-order chi connectivity index (χ0) is 24.2. The third-order valence-corrected chi connectivity index (χ3v) is 5.96. The second-order valence-electron chi connectivity index (χ2n) is 8.25. The van der Waals surface area contributed by atoms with Crippen LogP contribution in [0.4, 0.5) is 0 Å². The van der Waals surface area contributed by atoms with E-state index in [1.54, 1.807) is 43.3 Å². The number of aliphatic carboxylic acids is 1. The molecule has 1 fully saturated rings. The van der Waals surface area contributed by atoms with Crippen LogP contribution in [0.3, 0.4) is 0 Å². The first-order valence-corrected chi connectivity index (χ1v) is 11.3. The number of hydrogen-bond donors (Lipinski definition) is 3. The Hall–Kier alpha value is -3.43. The molecule has 0 bridgehead atoms. The predicted molar refractivity (Wildman–Crippen MR) is 126 cm³/mol. The van der Waals surface area contributed by atoms with Gasteiger partial charge in [0.25, 0.3) is 11.8 Å². The summed E-state index contributed by atoms with van der Waals surface area (Å²) in [7, 11) is 0. The van der Waals surface area contributed by atoms with Crippen molar-refractivity contribution in [3.63, 3.8) is 0 Å². The molecule has 178 valence electrons. The summed E-state index contributed by atoms with van der Waals surface area (Å²) in [5.41, 5.74) is 2.99. The first kappa shape index (κ1) is 23.7. The number of carboxylic acids is 1. The second-order valence-corrected chi connectivity index (χ2v) is 8.68. The number of carbonyl (C=O) groups excluding carboxylic acids is 2. The van der Waals surface area contributed by atoms with Crippen molar-refractivity contribution in [1.82, 2.24) is 20.2 Å². The number of rotatable bonds is 8. The van der Waals surface area contributed by atoms with Crippen LogP contribution in [0, 0.1) is 6.92 Å². The zero-order valence-electron chi connectivity index (χ0n) is 18.6. The number of aromatic nitrogens is 2. The van der Waals surface area contributed by atoms with Gasteiger partial charge in [-0.15, -0.1) is 0 Å². The summed E-state index contributed by atoms with van der Waals surface area (Å²) in [6, 6.07) is 9.38. The minimum absolute atomic E-state index is 0.0251. The van der Waals surface area contributed by atoms with Gasteiger partial charge >= 0.3 is 5.97 Å². The molecule has 1 aromatic heterocycles. The number of imidazole rings is 1. The smallest absolute Gasteiger partial charge is 0.329 e. The molecule has 0 aliphatic carbocycles. The number of carbonyl (C=O) groups is 3. The highest BCUT2D eigenvalue weighted by Crippen LogP contribution is 2.22. The molecule has 3 N–H and O–H groups in total. The Morgan fingerprint density at radius 2 is 1.97 bits per heavy atom. The summed E-state index contributed by atoms with van der Waals surface area (Å²) in [6.45, 7) is 2.69. The predicted octanol–water partition coefficient (Wildman–Crippen LogP) is 3.33. The fraction of sp³-hybridized carbons (Fsp3) is 0.333. The Morgan fingerprint density at radius 1 is 1.21 bits per heavy atom. The van der Waals surface area contributed by atoms with E-state index in [0.29, 0.717) is 38.6 Å². The lowest BCUT2D eigenvalue weighted by Crippen LogP contribution is -2.33. The summed E-state index contributed by atoms with van der Waals surface area (Å²) < 4.78 is 5.25. The maximum absolute atomic E-state index is 13.0. The summed E-state index contributed by atoms with van der Waals surface area (Å²) >= 11 is 6.05. The lowest BCUT2D eigenvalue weighted by atomic mass is 10.0. The highest BCUT2D eigenvalue weighted by Gasteiger charge is 2.23. The lowest BCUT2D eigenvalue weighted by Gasteiger charge is -2.18. The first-order chi connectivity index (χ1) is 16.3. The van der Waals surface area contributed by atoms with E-state index in [1.807, 2.05) is 4.90 Å². The van der Waals surface area contributed by atoms with E-state index >= 15 is 0 Å². The molecule has 2 amide bonds. The van der Waals surface area contributed by atoms with E-state index in [2.05, 4.69) is 15.3 Å². The largest absolute Gasteiger partial charge is 0.480 e. The molecule has 1 aliphatic rings. The van der Waals surface area contributed by atoms with Gasteiger partial charge in [0.05, 0.1) is 17.6 Å². The summed E-state index contributed by atoms with van der Waals surface area (Å²) in [6.07, 6.45) is 2.01. The van der Waals surface area contributed by atoms with Crippen molar-refractivity contribution in [2.24, 2.45) is 0 Å². The van der Waals surface area contributed by atoms with Crippen molar-refractivity contribution >= 4 is 40.4 Å². The van der Waals surface area contributed by atoms with Gasteiger partial charge in [0, 0.05) is 29.2 Å². The molecule has 9 nitrogen and oxygen atoms in total. The van der Waals surface area contributed by atoms with Crippen molar-refractivity contribution in [3.8, 4) is 0 Å². The van der Waals surface area contributed by atoms with Crippen LogP contribution in [-0.2, 0) is 9.53 Å². The number of halogens is 1. The number of amides is 2. The topological polar surface area (TPSA) is 125 Å². The number of nitrogens with zero attached hydrogens (tertiary/aromatic N) is 2. The monoisotopic (exact) mass is 484 g/mol. The quantitative estimate of drug-likeness (QED) is 0.450. The normalized spacial score (nSPS) is 14.4. The molecule has 1 atom stereocenters. The average molecular weight is 485 g/mol. The molecule has 1 aliphatic heterocycles. The SMILES string of the molecule is Cc1cc(C(=O)N[C@@H](COCC(=O)O)c2nc3ccc(Cl)cc3[nH]2)ccc1C(=O)N1CCCC1. The number of H-pyrrole nitrogens is 1. The standard InChI is InChI=1S/C24H25ClN4O5/c1-14-10-15(4-6-17(14)24(33)29-8-2-3-9-29)23(32)28-20(12-34-13-21(30)31)22-26-18-7-5-16(25)11-19(18)27-22/h4-7,10-11,20H,2-3,8-9,12-13H2,1H3,(H,26,27)(H,28,32)(H,30,31)/t20-/m0/s1. The molecule has 1 saturated heterocycles. The van der Waals surface area contributed by atoms with E-state index in [-0.39, 0.29) is 12.5 Å². The first-order valence-electron chi connectivity index (χ1n) is 11.0. The number of carboxylic acid groups (broad SMARTS) is 1. The third kappa shape index (κ3) is 5.37. The molecule has 3 aromatic rings. The maximum Gasteiger partial charge on any atom is 0.329 e. The third-order valence-electron chi connectivity index (χ3n) is 5.72. The van der Waals surface area contributed by atoms with E-state index in [4.69, 9.17) is 21.4 Å². The number of benzene rings is 2. The molecule has 10 heteroatoms. The van der Waals surface area contributed by atoms with Crippen LogP contribution < -0.4 is 5.32 Å². The number of nitrogens with one attached hydrogen (secondary N) is 2. The molecule has 0 spiro atoms.